The molecule has 2 aliphatic heterocycles. The lowest BCUT2D eigenvalue weighted by atomic mass is 10.1. The van der Waals surface area contributed by atoms with Gasteiger partial charge in [-0.3, -0.25) is 4.79 Å². The van der Waals surface area contributed by atoms with E-state index >= 15 is 0 Å². The van der Waals surface area contributed by atoms with Crippen LogP contribution in [0.15, 0.2) is 24.3 Å². The first-order valence-corrected chi connectivity index (χ1v) is 7.35. The van der Waals surface area contributed by atoms with Gasteiger partial charge in [-0.1, -0.05) is 24.3 Å². The van der Waals surface area contributed by atoms with Crippen molar-refractivity contribution in [2.75, 3.05) is 20.1 Å². The maximum atomic E-state index is 12.6. The van der Waals surface area contributed by atoms with Crippen LogP contribution in [0.1, 0.15) is 18.1 Å². The summed E-state index contributed by atoms with van der Waals surface area (Å²) in [6.07, 6.45) is 0. The van der Waals surface area contributed by atoms with Crippen molar-refractivity contribution in [1.82, 2.24) is 14.7 Å². The highest BCUT2D eigenvalue weighted by molar-refractivity contribution is 5.89. The summed E-state index contributed by atoms with van der Waals surface area (Å²) in [4.78, 5) is 30.0. The highest BCUT2D eigenvalue weighted by atomic mass is 16.2. The smallest absolute Gasteiger partial charge is 0.321 e. The molecule has 2 heterocycles. The maximum absolute atomic E-state index is 12.6. The zero-order valence-electron chi connectivity index (χ0n) is 12.7. The van der Waals surface area contributed by atoms with Crippen LogP contribution in [-0.4, -0.2) is 58.9 Å². The number of carbonyl (C=O) groups excluding carboxylic acids is 2. The number of piperazine rings is 1. The van der Waals surface area contributed by atoms with Crippen molar-refractivity contribution >= 4 is 11.9 Å². The molecule has 2 saturated heterocycles. The molecule has 21 heavy (non-hydrogen) atoms. The van der Waals surface area contributed by atoms with Gasteiger partial charge in [0, 0.05) is 26.7 Å². The van der Waals surface area contributed by atoms with Gasteiger partial charge in [0.15, 0.2) is 0 Å². The number of rotatable bonds is 2. The van der Waals surface area contributed by atoms with Crippen molar-refractivity contribution in [3.8, 4) is 0 Å². The third-order valence-electron chi connectivity index (χ3n) is 4.57. The van der Waals surface area contributed by atoms with Gasteiger partial charge in [0.2, 0.25) is 5.91 Å². The largest absolute Gasteiger partial charge is 0.342 e. The van der Waals surface area contributed by atoms with Gasteiger partial charge >= 0.3 is 6.03 Å². The fourth-order valence-electron chi connectivity index (χ4n) is 3.34. The second-order valence-corrected chi connectivity index (χ2v) is 6.05. The molecule has 0 spiro atoms. The number of nitrogens with zero attached hydrogens (tertiary/aromatic N) is 3. The minimum absolute atomic E-state index is 0.0165. The van der Waals surface area contributed by atoms with Crippen LogP contribution in [0, 0.1) is 6.92 Å². The Labute approximate surface area is 125 Å². The molecule has 0 radical (unpaired) electrons. The van der Waals surface area contributed by atoms with Crippen molar-refractivity contribution in [1.29, 1.82) is 0 Å². The molecule has 5 nitrogen and oxygen atoms in total. The molecule has 1 aromatic carbocycles. The van der Waals surface area contributed by atoms with E-state index in [1.165, 1.54) is 5.56 Å². The Morgan fingerprint density at radius 3 is 2.62 bits per heavy atom. The second kappa shape index (κ2) is 5.06. The quantitative estimate of drug-likeness (QED) is 0.826. The van der Waals surface area contributed by atoms with Crippen molar-refractivity contribution in [2.45, 2.75) is 32.5 Å². The molecule has 1 aromatic rings. The highest BCUT2D eigenvalue weighted by Crippen LogP contribution is 2.26. The second-order valence-electron chi connectivity index (χ2n) is 6.05. The van der Waals surface area contributed by atoms with Crippen molar-refractivity contribution in [3.63, 3.8) is 0 Å². The zero-order valence-corrected chi connectivity index (χ0v) is 12.7. The molecule has 0 aromatic heterocycles. The average molecular weight is 287 g/mol. The van der Waals surface area contributed by atoms with E-state index in [0.29, 0.717) is 19.6 Å². The summed E-state index contributed by atoms with van der Waals surface area (Å²) in [5.41, 5.74) is 2.36. The number of hydrogen-bond acceptors (Lipinski definition) is 2. The highest BCUT2D eigenvalue weighted by Gasteiger charge is 2.46. The molecule has 2 fully saturated rings. The van der Waals surface area contributed by atoms with Crippen LogP contribution in [0.4, 0.5) is 4.79 Å². The van der Waals surface area contributed by atoms with Gasteiger partial charge in [0.05, 0.1) is 6.04 Å². The Balaban J connectivity index is 1.80. The number of carbonyl (C=O) groups is 2. The molecular formula is C16H21N3O2. The lowest BCUT2D eigenvalue weighted by Gasteiger charge is -2.38. The molecular weight excluding hydrogens is 266 g/mol. The predicted octanol–water partition coefficient (Wildman–Crippen LogP) is 1.46. The van der Waals surface area contributed by atoms with Crippen LogP contribution in [-0.2, 0) is 11.3 Å². The van der Waals surface area contributed by atoms with Crippen molar-refractivity contribution < 1.29 is 9.59 Å². The summed E-state index contributed by atoms with van der Waals surface area (Å²) in [6, 6.07) is 7.85. The molecule has 0 N–H and O–H groups in total. The van der Waals surface area contributed by atoms with Gasteiger partial charge in [-0.2, -0.15) is 0 Å². The van der Waals surface area contributed by atoms with Crippen LogP contribution in [0.3, 0.4) is 0 Å². The topological polar surface area (TPSA) is 43.9 Å². The Morgan fingerprint density at radius 1 is 1.19 bits per heavy atom. The predicted molar refractivity (Wildman–Crippen MR) is 79.7 cm³/mol. The lowest BCUT2D eigenvalue weighted by Crippen LogP contribution is -2.58. The number of fused-ring (bicyclic) bond motifs is 1. The summed E-state index contributed by atoms with van der Waals surface area (Å²) in [6.45, 7) is 5.81. The molecule has 2 aliphatic rings. The van der Waals surface area contributed by atoms with E-state index in [4.69, 9.17) is 0 Å². The van der Waals surface area contributed by atoms with Gasteiger partial charge < -0.3 is 14.7 Å². The summed E-state index contributed by atoms with van der Waals surface area (Å²) < 4.78 is 0. The molecule has 3 amide bonds. The number of amides is 3. The van der Waals surface area contributed by atoms with Crippen LogP contribution < -0.4 is 0 Å². The fraction of sp³-hybridized carbons (Fsp3) is 0.500. The number of likely N-dealkylation sites (N-methyl/N-ethyl adjacent to an activating group) is 1. The molecule has 2 atom stereocenters. The zero-order chi connectivity index (χ0) is 15.1. The molecule has 0 saturated carbocycles. The third kappa shape index (κ3) is 2.26. The third-order valence-corrected chi connectivity index (χ3v) is 4.57. The van der Waals surface area contributed by atoms with Gasteiger partial charge in [-0.05, 0) is 25.0 Å². The van der Waals surface area contributed by atoms with Crippen molar-refractivity contribution in [2.24, 2.45) is 0 Å². The van der Waals surface area contributed by atoms with E-state index in [9.17, 15) is 9.59 Å². The van der Waals surface area contributed by atoms with E-state index in [2.05, 4.69) is 19.1 Å². The Bertz CT molecular complexity index is 587. The summed E-state index contributed by atoms with van der Waals surface area (Å²) >= 11 is 0. The first-order valence-electron chi connectivity index (χ1n) is 7.35. The normalized spacial score (nSPS) is 25.6. The van der Waals surface area contributed by atoms with Crippen LogP contribution in [0.5, 0.6) is 0 Å². The number of aryl methyl sites for hydroxylation is 1. The van der Waals surface area contributed by atoms with Crippen molar-refractivity contribution in [3.05, 3.63) is 35.4 Å². The SMILES string of the molecule is Cc1ccccc1CN1C[C@H]2CN(C)C(=O)[C@H](C)N2C1=O. The first-order chi connectivity index (χ1) is 9.99. The van der Waals surface area contributed by atoms with Gasteiger partial charge in [0.1, 0.15) is 6.04 Å². The molecule has 0 bridgehead atoms. The summed E-state index contributed by atoms with van der Waals surface area (Å²) in [7, 11) is 1.81. The lowest BCUT2D eigenvalue weighted by molar-refractivity contribution is -0.139. The summed E-state index contributed by atoms with van der Waals surface area (Å²) in [5, 5.41) is 0. The average Bonchev–Trinajstić information content (AvgIpc) is 2.75. The molecule has 0 unspecified atom stereocenters. The Morgan fingerprint density at radius 2 is 1.90 bits per heavy atom. The fourth-order valence-corrected chi connectivity index (χ4v) is 3.34. The van der Waals surface area contributed by atoms with E-state index in [1.54, 1.807) is 9.80 Å². The molecule has 3 rings (SSSR count). The van der Waals surface area contributed by atoms with Crippen LogP contribution in [0.25, 0.3) is 0 Å². The molecule has 0 aliphatic carbocycles. The van der Waals surface area contributed by atoms with E-state index in [1.807, 2.05) is 31.0 Å². The van der Waals surface area contributed by atoms with Gasteiger partial charge in [0.25, 0.3) is 0 Å². The van der Waals surface area contributed by atoms with Crippen LogP contribution in [0.2, 0.25) is 0 Å². The van der Waals surface area contributed by atoms with E-state index in [-0.39, 0.29) is 24.0 Å². The Kier molecular flexibility index (Phi) is 3.35. The number of benzene rings is 1. The van der Waals surface area contributed by atoms with E-state index in [0.717, 1.165) is 5.56 Å². The summed E-state index contributed by atoms with van der Waals surface area (Å²) in [5.74, 6) is 0.0253. The monoisotopic (exact) mass is 287 g/mol. The standard InChI is InChI=1S/C16H21N3O2/c1-11-6-4-5-7-13(11)8-18-10-14-9-17(3)15(20)12(2)19(14)16(18)21/h4-7,12,14H,8-10H2,1-3H3/t12-,14+/m0/s1. The molecule has 112 valence electrons. The number of hydrogen-bond donors (Lipinski definition) is 0. The van der Waals surface area contributed by atoms with Gasteiger partial charge in [-0.15, -0.1) is 0 Å². The van der Waals surface area contributed by atoms with Crippen LogP contribution >= 0.6 is 0 Å². The van der Waals surface area contributed by atoms with Gasteiger partial charge in [-0.25, -0.2) is 4.79 Å². The number of urea groups is 1. The Hall–Kier alpha value is -2.04. The molecule has 5 heteroatoms. The first kappa shape index (κ1) is 13.9. The minimum atomic E-state index is -0.358. The minimum Gasteiger partial charge on any atom is -0.342 e. The maximum Gasteiger partial charge on any atom is 0.321 e. The van der Waals surface area contributed by atoms with E-state index < -0.39 is 0 Å².